The van der Waals surface area contributed by atoms with Crippen LogP contribution in [-0.2, 0) is 4.74 Å². The van der Waals surface area contributed by atoms with Crippen LogP contribution >= 0.6 is 24.0 Å². The first-order chi connectivity index (χ1) is 12.6. The van der Waals surface area contributed by atoms with Gasteiger partial charge in [0, 0.05) is 38.8 Å². The first-order valence-electron chi connectivity index (χ1n) is 10.7. The second kappa shape index (κ2) is 16.8. The third-order valence-electron chi connectivity index (χ3n) is 4.80. The summed E-state index contributed by atoms with van der Waals surface area (Å²) in [5, 5.41) is 7.04. The van der Waals surface area contributed by atoms with Gasteiger partial charge in [-0.05, 0) is 53.1 Å². The number of nitrogens with zero attached hydrogens (tertiary/aromatic N) is 3. The van der Waals surface area contributed by atoms with Crippen molar-refractivity contribution in [1.29, 1.82) is 0 Å². The number of hydrogen-bond donors (Lipinski definition) is 2. The van der Waals surface area contributed by atoms with Crippen LogP contribution in [0.5, 0.6) is 0 Å². The van der Waals surface area contributed by atoms with Gasteiger partial charge in [-0.2, -0.15) is 0 Å². The normalized spacial score (nSPS) is 16.6. The van der Waals surface area contributed by atoms with Crippen LogP contribution in [0.4, 0.5) is 0 Å². The molecule has 0 bridgehead atoms. The van der Waals surface area contributed by atoms with Crippen molar-refractivity contribution in [2.45, 2.75) is 66.0 Å². The van der Waals surface area contributed by atoms with Crippen LogP contribution in [0.25, 0.3) is 0 Å². The Morgan fingerprint density at radius 3 is 2.44 bits per heavy atom. The predicted molar refractivity (Wildman–Crippen MR) is 127 cm³/mol. The van der Waals surface area contributed by atoms with E-state index in [2.05, 4.69) is 55.1 Å². The number of rotatable bonds is 12. The van der Waals surface area contributed by atoms with Crippen LogP contribution in [0.3, 0.4) is 0 Å². The highest BCUT2D eigenvalue weighted by Crippen LogP contribution is 2.10. The Balaban J connectivity index is 0.00000676. The molecule has 0 unspecified atom stereocenters. The molecule has 1 aliphatic heterocycles. The fourth-order valence-corrected chi connectivity index (χ4v) is 3.28. The van der Waals surface area contributed by atoms with Crippen molar-refractivity contribution >= 4 is 29.9 Å². The second-order valence-electron chi connectivity index (χ2n) is 7.37. The summed E-state index contributed by atoms with van der Waals surface area (Å²) in [6.07, 6.45) is 3.87. The lowest BCUT2D eigenvalue weighted by atomic mass is 10.1. The fraction of sp³-hybridized carbons (Fsp3) is 0.950. The zero-order chi connectivity index (χ0) is 19.2. The van der Waals surface area contributed by atoms with Gasteiger partial charge in [-0.15, -0.1) is 24.0 Å². The quantitative estimate of drug-likeness (QED) is 0.247. The SMILES string of the molecule is CCCN(CC)CCN=C(NCC)NC1CCN(CCOC(C)C)CC1.I. The lowest BCUT2D eigenvalue weighted by molar-refractivity contribution is 0.0532. The third-order valence-corrected chi connectivity index (χ3v) is 4.80. The molecule has 0 aliphatic carbocycles. The lowest BCUT2D eigenvalue weighted by Crippen LogP contribution is -2.49. The van der Waals surface area contributed by atoms with E-state index in [9.17, 15) is 0 Å². The van der Waals surface area contributed by atoms with Crippen LogP contribution in [0, 0.1) is 0 Å². The Bertz CT molecular complexity index is 373. The first kappa shape index (κ1) is 26.9. The average Bonchev–Trinajstić information content (AvgIpc) is 2.62. The number of halogens is 1. The van der Waals surface area contributed by atoms with Gasteiger partial charge in [-0.1, -0.05) is 13.8 Å². The summed E-state index contributed by atoms with van der Waals surface area (Å²) >= 11 is 0. The van der Waals surface area contributed by atoms with Gasteiger partial charge in [0.2, 0.25) is 0 Å². The predicted octanol–water partition coefficient (Wildman–Crippen LogP) is 2.78. The second-order valence-corrected chi connectivity index (χ2v) is 7.37. The van der Waals surface area contributed by atoms with Crippen molar-refractivity contribution in [3.8, 4) is 0 Å². The third kappa shape index (κ3) is 12.9. The molecule has 0 aromatic carbocycles. The van der Waals surface area contributed by atoms with Gasteiger partial charge in [0.1, 0.15) is 0 Å². The molecule has 0 spiro atoms. The molecule has 1 rings (SSSR count). The first-order valence-corrected chi connectivity index (χ1v) is 10.7. The van der Waals surface area contributed by atoms with E-state index in [1.54, 1.807) is 0 Å². The molecular weight excluding hydrogens is 453 g/mol. The number of hydrogen-bond acceptors (Lipinski definition) is 4. The van der Waals surface area contributed by atoms with Crippen molar-refractivity contribution in [2.24, 2.45) is 4.99 Å². The van der Waals surface area contributed by atoms with Crippen LogP contribution in [0.15, 0.2) is 4.99 Å². The zero-order valence-corrected chi connectivity index (χ0v) is 20.6. The van der Waals surface area contributed by atoms with Gasteiger partial charge in [-0.3, -0.25) is 4.99 Å². The smallest absolute Gasteiger partial charge is 0.191 e. The largest absolute Gasteiger partial charge is 0.377 e. The Morgan fingerprint density at radius 1 is 1.19 bits per heavy atom. The van der Waals surface area contributed by atoms with Gasteiger partial charge in [-0.25, -0.2) is 0 Å². The number of piperidine rings is 1. The molecule has 7 heteroatoms. The molecule has 0 saturated carbocycles. The molecule has 6 nitrogen and oxygen atoms in total. The number of likely N-dealkylation sites (tertiary alicyclic amines) is 1. The van der Waals surface area contributed by atoms with E-state index < -0.39 is 0 Å². The van der Waals surface area contributed by atoms with Crippen LogP contribution < -0.4 is 10.6 Å². The summed E-state index contributed by atoms with van der Waals surface area (Å²) in [6, 6.07) is 0.521. The van der Waals surface area contributed by atoms with E-state index in [-0.39, 0.29) is 24.0 Å². The van der Waals surface area contributed by atoms with Crippen molar-refractivity contribution in [3.63, 3.8) is 0 Å². The minimum absolute atomic E-state index is 0. The minimum atomic E-state index is 0. The molecule has 2 N–H and O–H groups in total. The standard InChI is InChI=1S/C20H43N5O.HI/c1-6-12-24(8-3)15-11-22-20(21-7-2)23-19-9-13-25(14-10-19)16-17-26-18(4)5;/h18-19H,6-17H2,1-5H3,(H2,21,22,23);1H. The maximum Gasteiger partial charge on any atom is 0.191 e. The number of aliphatic imine (C=N–C) groups is 1. The van der Waals surface area contributed by atoms with Gasteiger partial charge in [0.25, 0.3) is 0 Å². The summed E-state index contributed by atoms with van der Waals surface area (Å²) in [7, 11) is 0. The summed E-state index contributed by atoms with van der Waals surface area (Å²) in [6.45, 7) is 20.0. The molecule has 1 fully saturated rings. The van der Waals surface area contributed by atoms with Crippen molar-refractivity contribution in [2.75, 3.05) is 59.0 Å². The Morgan fingerprint density at radius 2 is 1.89 bits per heavy atom. The molecule has 1 aliphatic rings. The van der Waals surface area contributed by atoms with E-state index in [0.29, 0.717) is 12.1 Å². The van der Waals surface area contributed by atoms with E-state index in [1.165, 1.54) is 19.3 Å². The Hall–Kier alpha value is -0.120. The summed E-state index contributed by atoms with van der Waals surface area (Å²) in [5.41, 5.74) is 0. The van der Waals surface area contributed by atoms with Crippen molar-refractivity contribution < 1.29 is 4.74 Å². The van der Waals surface area contributed by atoms with Gasteiger partial charge < -0.3 is 25.2 Å². The number of likely N-dealkylation sites (N-methyl/N-ethyl adjacent to an activating group) is 1. The van der Waals surface area contributed by atoms with Crippen molar-refractivity contribution in [1.82, 2.24) is 20.4 Å². The molecule has 0 aromatic rings. The van der Waals surface area contributed by atoms with Crippen LogP contribution in [0.1, 0.15) is 53.9 Å². The van der Waals surface area contributed by atoms with Gasteiger partial charge >= 0.3 is 0 Å². The molecule has 0 atom stereocenters. The monoisotopic (exact) mass is 497 g/mol. The molecule has 27 heavy (non-hydrogen) atoms. The molecular formula is C20H44IN5O. The van der Waals surface area contributed by atoms with E-state index in [0.717, 1.165) is 64.9 Å². The zero-order valence-electron chi connectivity index (χ0n) is 18.3. The minimum Gasteiger partial charge on any atom is -0.377 e. The number of guanidine groups is 1. The maximum atomic E-state index is 5.67. The number of nitrogens with one attached hydrogen (secondary N) is 2. The van der Waals surface area contributed by atoms with Crippen LogP contribution in [-0.4, -0.2) is 86.9 Å². The molecule has 1 saturated heterocycles. The topological polar surface area (TPSA) is 52.1 Å². The summed E-state index contributed by atoms with van der Waals surface area (Å²) in [4.78, 5) is 9.76. The van der Waals surface area contributed by atoms with Gasteiger partial charge in [0.15, 0.2) is 5.96 Å². The highest BCUT2D eigenvalue weighted by molar-refractivity contribution is 14.0. The molecule has 0 radical (unpaired) electrons. The molecule has 0 aromatic heterocycles. The molecule has 162 valence electrons. The fourth-order valence-electron chi connectivity index (χ4n) is 3.28. The highest BCUT2D eigenvalue weighted by atomic mass is 127. The maximum absolute atomic E-state index is 5.67. The summed E-state index contributed by atoms with van der Waals surface area (Å²) < 4.78 is 5.67. The summed E-state index contributed by atoms with van der Waals surface area (Å²) in [5.74, 6) is 0.974. The number of ether oxygens (including phenoxy) is 1. The van der Waals surface area contributed by atoms with Crippen LogP contribution in [0.2, 0.25) is 0 Å². The van der Waals surface area contributed by atoms with Crippen molar-refractivity contribution in [3.05, 3.63) is 0 Å². The average molecular weight is 498 g/mol. The highest BCUT2D eigenvalue weighted by Gasteiger charge is 2.19. The Labute approximate surface area is 184 Å². The van der Waals surface area contributed by atoms with E-state index in [1.807, 2.05) is 0 Å². The van der Waals surface area contributed by atoms with E-state index in [4.69, 9.17) is 9.73 Å². The van der Waals surface area contributed by atoms with Gasteiger partial charge in [0.05, 0.1) is 19.3 Å². The Kier molecular flexibility index (Phi) is 16.7. The van der Waals surface area contributed by atoms with E-state index >= 15 is 0 Å². The molecule has 1 heterocycles. The lowest BCUT2D eigenvalue weighted by Gasteiger charge is -2.33. The molecule has 0 amide bonds.